The van der Waals surface area contributed by atoms with Crippen molar-refractivity contribution in [3.05, 3.63) is 0 Å². The molecule has 0 aromatic heterocycles. The van der Waals surface area contributed by atoms with E-state index in [1.54, 1.807) is 14.0 Å². The second-order valence-electron chi connectivity index (χ2n) is 1.73. The summed E-state index contributed by atoms with van der Waals surface area (Å²) in [6.07, 6.45) is 0.435. The lowest BCUT2D eigenvalue weighted by atomic mass is 10.5. The van der Waals surface area contributed by atoms with Gasteiger partial charge in [-0.05, 0) is 0 Å². The van der Waals surface area contributed by atoms with Crippen molar-refractivity contribution in [2.24, 2.45) is 0 Å². The van der Waals surface area contributed by atoms with E-state index in [2.05, 4.69) is 5.43 Å². The maximum absolute atomic E-state index is 10.5. The zero-order chi connectivity index (χ0) is 7.28. The molecule has 0 aliphatic rings. The molecule has 0 aliphatic heterocycles. The van der Waals surface area contributed by atoms with E-state index in [4.69, 9.17) is 5.11 Å². The van der Waals surface area contributed by atoms with Gasteiger partial charge in [0.05, 0.1) is 0 Å². The Morgan fingerprint density at radius 2 is 2.33 bits per heavy atom. The molecule has 4 nitrogen and oxygen atoms in total. The number of carbonyl (C=O) groups is 1. The van der Waals surface area contributed by atoms with Gasteiger partial charge in [-0.15, -0.1) is 0 Å². The van der Waals surface area contributed by atoms with Crippen LogP contribution in [0.1, 0.15) is 13.3 Å². The van der Waals surface area contributed by atoms with Crippen LogP contribution in [0.3, 0.4) is 0 Å². The van der Waals surface area contributed by atoms with Gasteiger partial charge in [-0.1, -0.05) is 6.92 Å². The normalized spacial score (nSPS) is 9.78. The predicted molar refractivity (Wildman–Crippen MR) is 33.3 cm³/mol. The molecule has 0 rings (SSSR count). The topological polar surface area (TPSA) is 52.6 Å². The molecule has 0 heterocycles. The number of hydrogen-bond acceptors (Lipinski definition) is 3. The molecule has 9 heavy (non-hydrogen) atoms. The first-order chi connectivity index (χ1) is 4.20. The summed E-state index contributed by atoms with van der Waals surface area (Å²) in [6, 6.07) is 0. The third kappa shape index (κ3) is 3.93. The average molecular weight is 132 g/mol. The van der Waals surface area contributed by atoms with Crippen molar-refractivity contribution >= 4 is 5.91 Å². The highest BCUT2D eigenvalue weighted by atomic mass is 16.3. The second kappa shape index (κ2) is 4.29. The minimum Gasteiger partial charge on any atom is -0.379 e. The number of aliphatic hydroxyl groups excluding tert-OH is 1. The van der Waals surface area contributed by atoms with Crippen LogP contribution in [0, 0.1) is 0 Å². The highest BCUT2D eigenvalue weighted by Gasteiger charge is 1.97. The Morgan fingerprint density at radius 1 is 1.78 bits per heavy atom. The maximum atomic E-state index is 10.5. The SMILES string of the molecule is CCC(=O)NN(C)CO. The van der Waals surface area contributed by atoms with E-state index >= 15 is 0 Å². The van der Waals surface area contributed by atoms with E-state index in [1.807, 2.05) is 0 Å². The summed E-state index contributed by atoms with van der Waals surface area (Å²) in [7, 11) is 1.59. The molecule has 0 bridgehead atoms. The number of hydrogen-bond donors (Lipinski definition) is 2. The van der Waals surface area contributed by atoms with Crippen molar-refractivity contribution in [3.63, 3.8) is 0 Å². The highest BCUT2D eigenvalue weighted by Crippen LogP contribution is 1.76. The van der Waals surface area contributed by atoms with Crippen molar-refractivity contribution < 1.29 is 9.90 Å². The lowest BCUT2D eigenvalue weighted by molar-refractivity contribution is -0.126. The van der Waals surface area contributed by atoms with Crippen LogP contribution in [0.15, 0.2) is 0 Å². The van der Waals surface area contributed by atoms with Crippen molar-refractivity contribution in [2.75, 3.05) is 13.8 Å². The van der Waals surface area contributed by atoms with Crippen molar-refractivity contribution in [1.82, 2.24) is 10.4 Å². The molecule has 0 aromatic rings. The molecule has 0 aliphatic carbocycles. The van der Waals surface area contributed by atoms with Gasteiger partial charge in [0, 0.05) is 13.5 Å². The molecule has 0 fully saturated rings. The molecule has 0 spiro atoms. The second-order valence-corrected chi connectivity index (χ2v) is 1.73. The van der Waals surface area contributed by atoms with Gasteiger partial charge in [-0.3, -0.25) is 10.2 Å². The van der Waals surface area contributed by atoms with Gasteiger partial charge in [0.2, 0.25) is 5.91 Å². The van der Waals surface area contributed by atoms with Gasteiger partial charge in [0.1, 0.15) is 6.73 Å². The molecule has 2 N–H and O–H groups in total. The van der Waals surface area contributed by atoms with Crippen LogP contribution < -0.4 is 5.43 Å². The smallest absolute Gasteiger partial charge is 0.234 e. The molecule has 0 atom stereocenters. The largest absolute Gasteiger partial charge is 0.379 e. The van der Waals surface area contributed by atoms with E-state index < -0.39 is 0 Å². The van der Waals surface area contributed by atoms with Crippen LogP contribution in [0.5, 0.6) is 0 Å². The molecular weight excluding hydrogens is 120 g/mol. The van der Waals surface area contributed by atoms with E-state index in [0.29, 0.717) is 6.42 Å². The van der Waals surface area contributed by atoms with Gasteiger partial charge < -0.3 is 5.11 Å². The Hall–Kier alpha value is -0.610. The third-order valence-corrected chi connectivity index (χ3v) is 0.849. The van der Waals surface area contributed by atoms with Crippen LogP contribution in [0.2, 0.25) is 0 Å². The summed E-state index contributed by atoms with van der Waals surface area (Å²) in [5.41, 5.74) is 2.42. The Labute approximate surface area is 54.4 Å². The molecule has 0 unspecified atom stereocenters. The van der Waals surface area contributed by atoms with Gasteiger partial charge in [0.15, 0.2) is 0 Å². The van der Waals surface area contributed by atoms with Crippen molar-refractivity contribution in [1.29, 1.82) is 0 Å². The molecule has 0 radical (unpaired) electrons. The van der Waals surface area contributed by atoms with Crippen LogP contribution in [-0.4, -0.2) is 29.8 Å². The first kappa shape index (κ1) is 8.39. The number of aliphatic hydroxyl groups is 1. The summed E-state index contributed by atoms with van der Waals surface area (Å²) >= 11 is 0. The minimum absolute atomic E-state index is 0.0912. The lowest BCUT2D eigenvalue weighted by Crippen LogP contribution is -2.39. The molecule has 0 aromatic carbocycles. The number of hydrazine groups is 1. The van der Waals surface area contributed by atoms with E-state index in [-0.39, 0.29) is 12.6 Å². The lowest BCUT2D eigenvalue weighted by Gasteiger charge is -2.12. The monoisotopic (exact) mass is 132 g/mol. The van der Waals surface area contributed by atoms with Crippen LogP contribution in [-0.2, 0) is 4.79 Å². The molecular formula is C5H12N2O2. The molecule has 0 saturated heterocycles. The molecule has 54 valence electrons. The van der Waals surface area contributed by atoms with Gasteiger partial charge in [0.25, 0.3) is 0 Å². The Bertz CT molecular complexity index is 95.0. The Balaban J connectivity index is 3.34. The Morgan fingerprint density at radius 3 is 2.67 bits per heavy atom. The number of carbonyl (C=O) groups excluding carboxylic acids is 1. The van der Waals surface area contributed by atoms with E-state index in [1.165, 1.54) is 5.01 Å². The minimum atomic E-state index is -0.161. The zero-order valence-corrected chi connectivity index (χ0v) is 5.72. The van der Waals surface area contributed by atoms with Crippen LogP contribution in [0.4, 0.5) is 0 Å². The summed E-state index contributed by atoms with van der Waals surface area (Å²) in [4.78, 5) is 10.5. The maximum Gasteiger partial charge on any atom is 0.234 e. The first-order valence-electron chi connectivity index (χ1n) is 2.82. The molecule has 1 amide bonds. The van der Waals surface area contributed by atoms with Crippen LogP contribution in [0.25, 0.3) is 0 Å². The number of amides is 1. The number of nitrogens with one attached hydrogen (secondary N) is 1. The Kier molecular flexibility index (Phi) is 4.00. The average Bonchev–Trinajstić information content (AvgIpc) is 1.87. The zero-order valence-electron chi connectivity index (χ0n) is 5.72. The van der Waals surface area contributed by atoms with Crippen LogP contribution >= 0.6 is 0 Å². The summed E-state index contributed by atoms with van der Waals surface area (Å²) in [6.45, 7) is 1.59. The van der Waals surface area contributed by atoms with Gasteiger partial charge >= 0.3 is 0 Å². The van der Waals surface area contributed by atoms with E-state index in [9.17, 15) is 4.79 Å². The fraction of sp³-hybridized carbons (Fsp3) is 0.800. The summed E-state index contributed by atoms with van der Waals surface area (Å²) in [5, 5.41) is 9.70. The molecule has 0 saturated carbocycles. The predicted octanol–water partition coefficient (Wildman–Crippen LogP) is -0.691. The van der Waals surface area contributed by atoms with Crippen molar-refractivity contribution in [2.45, 2.75) is 13.3 Å². The highest BCUT2D eigenvalue weighted by molar-refractivity contribution is 5.74. The van der Waals surface area contributed by atoms with Crippen molar-refractivity contribution in [3.8, 4) is 0 Å². The van der Waals surface area contributed by atoms with Gasteiger partial charge in [-0.2, -0.15) is 5.01 Å². The molecule has 4 heteroatoms. The third-order valence-electron chi connectivity index (χ3n) is 0.849. The fourth-order valence-electron chi connectivity index (χ4n) is 0.327. The quantitative estimate of drug-likeness (QED) is 0.395. The summed E-state index contributed by atoms with van der Waals surface area (Å²) < 4.78 is 0. The van der Waals surface area contributed by atoms with Gasteiger partial charge in [-0.25, -0.2) is 0 Å². The fourth-order valence-corrected chi connectivity index (χ4v) is 0.327. The number of rotatable bonds is 3. The number of nitrogens with zero attached hydrogens (tertiary/aromatic N) is 1. The summed E-state index contributed by atoms with van der Waals surface area (Å²) in [5.74, 6) is -0.0912. The first-order valence-corrected chi connectivity index (χ1v) is 2.82. The standard InChI is InChI=1S/C5H12N2O2/c1-3-5(9)6-7(2)4-8/h8H,3-4H2,1-2H3,(H,6,9). The van der Waals surface area contributed by atoms with E-state index in [0.717, 1.165) is 0 Å².